The van der Waals surface area contributed by atoms with Gasteiger partial charge < -0.3 is 9.40 Å². The van der Waals surface area contributed by atoms with Crippen molar-refractivity contribution in [3.05, 3.63) is 67.4 Å². The van der Waals surface area contributed by atoms with Crippen molar-refractivity contribution < 1.29 is 8.81 Å². The molecule has 0 amide bonds. The van der Waals surface area contributed by atoms with Crippen molar-refractivity contribution >= 4 is 21.9 Å². The van der Waals surface area contributed by atoms with E-state index in [0.29, 0.717) is 39.2 Å². The van der Waals surface area contributed by atoms with Gasteiger partial charge in [-0.05, 0) is 24.3 Å². The van der Waals surface area contributed by atoms with E-state index in [-0.39, 0.29) is 5.69 Å². The minimum Gasteiger partial charge on any atom is -0.472 e. The van der Waals surface area contributed by atoms with E-state index >= 15 is 4.39 Å². The Morgan fingerprint density at radius 1 is 0.900 bits per heavy atom. The van der Waals surface area contributed by atoms with Crippen LogP contribution in [0.4, 0.5) is 4.39 Å². The van der Waals surface area contributed by atoms with Crippen LogP contribution in [0.25, 0.3) is 56.0 Å². The lowest BCUT2D eigenvalue weighted by molar-refractivity contribution is 0.568. The predicted molar refractivity (Wildman–Crippen MR) is 108 cm³/mol. The summed E-state index contributed by atoms with van der Waals surface area (Å²) < 4.78 is 20.6. The van der Waals surface area contributed by atoms with Gasteiger partial charge in [0.05, 0.1) is 35.1 Å². The Hall–Kier alpha value is -4.40. The van der Waals surface area contributed by atoms with Crippen molar-refractivity contribution in [3.63, 3.8) is 0 Å². The van der Waals surface area contributed by atoms with Crippen LogP contribution in [0.5, 0.6) is 0 Å². The minimum atomic E-state index is -0.488. The van der Waals surface area contributed by atoms with E-state index < -0.39 is 5.82 Å². The summed E-state index contributed by atoms with van der Waals surface area (Å²) in [7, 11) is 0. The molecule has 9 heteroatoms. The molecule has 0 aliphatic rings. The molecule has 30 heavy (non-hydrogen) atoms. The summed E-state index contributed by atoms with van der Waals surface area (Å²) in [6.07, 6.45) is 9.61. The monoisotopic (exact) mass is 397 g/mol. The molecule has 144 valence electrons. The van der Waals surface area contributed by atoms with Gasteiger partial charge >= 0.3 is 0 Å². The van der Waals surface area contributed by atoms with Crippen molar-refractivity contribution in [1.29, 1.82) is 0 Å². The smallest absolute Gasteiger partial charge is 0.161 e. The van der Waals surface area contributed by atoms with Crippen LogP contribution in [-0.4, -0.2) is 35.1 Å². The normalized spacial score (nSPS) is 11.5. The summed E-state index contributed by atoms with van der Waals surface area (Å²) in [5.74, 6) is -0.0610. The standard InChI is InChI=1S/C21H12FN7O/c22-16-15-14(9-25-17(16)11-2-1-5-23-8-11)28-29-20(15)21-26-13-3-6-24-18(19(13)27-21)12-4-7-30-10-12/h1-10H,(H,26,27)(H,28,29). The first-order valence-electron chi connectivity index (χ1n) is 9.10. The predicted octanol–water partition coefficient (Wildman–Crippen LogP) is 4.36. The molecule has 0 unspecified atom stereocenters. The first kappa shape index (κ1) is 16.5. The molecule has 6 rings (SSSR count). The highest BCUT2D eigenvalue weighted by molar-refractivity contribution is 5.97. The number of imidazole rings is 1. The maximum Gasteiger partial charge on any atom is 0.161 e. The Kier molecular flexibility index (Phi) is 3.48. The van der Waals surface area contributed by atoms with E-state index in [9.17, 15) is 0 Å². The molecule has 8 nitrogen and oxygen atoms in total. The highest BCUT2D eigenvalue weighted by Crippen LogP contribution is 2.33. The van der Waals surface area contributed by atoms with Crippen LogP contribution in [0.3, 0.4) is 0 Å². The van der Waals surface area contributed by atoms with Crippen LogP contribution in [0.1, 0.15) is 0 Å². The number of hydrogen-bond donors (Lipinski definition) is 2. The molecule has 0 aliphatic heterocycles. The third-order valence-electron chi connectivity index (χ3n) is 4.90. The number of hydrogen-bond acceptors (Lipinski definition) is 6. The zero-order chi connectivity index (χ0) is 20.1. The van der Waals surface area contributed by atoms with E-state index in [0.717, 1.165) is 11.1 Å². The number of fused-ring (bicyclic) bond motifs is 2. The van der Waals surface area contributed by atoms with Gasteiger partial charge in [-0.3, -0.25) is 20.1 Å². The van der Waals surface area contributed by atoms with Crippen LogP contribution in [0.15, 0.2) is 66.0 Å². The fourth-order valence-corrected chi connectivity index (χ4v) is 3.51. The van der Waals surface area contributed by atoms with Gasteiger partial charge in [0.2, 0.25) is 0 Å². The van der Waals surface area contributed by atoms with Crippen LogP contribution < -0.4 is 0 Å². The van der Waals surface area contributed by atoms with E-state index in [1.807, 2.05) is 12.1 Å². The summed E-state index contributed by atoms with van der Waals surface area (Å²) in [4.78, 5) is 20.6. The Morgan fingerprint density at radius 3 is 2.70 bits per heavy atom. The number of H-pyrrole nitrogens is 2. The van der Waals surface area contributed by atoms with E-state index in [4.69, 9.17) is 4.42 Å². The number of halogens is 1. The molecule has 0 saturated heterocycles. The molecule has 0 radical (unpaired) electrons. The number of nitrogens with zero attached hydrogens (tertiary/aromatic N) is 5. The third-order valence-corrected chi connectivity index (χ3v) is 4.90. The van der Waals surface area contributed by atoms with Crippen molar-refractivity contribution in [1.82, 2.24) is 35.1 Å². The molecule has 0 aliphatic carbocycles. The molecule has 0 spiro atoms. The lowest BCUT2D eigenvalue weighted by Gasteiger charge is -2.03. The number of aromatic amines is 2. The highest BCUT2D eigenvalue weighted by atomic mass is 19.1. The molecule has 0 atom stereocenters. The molecular formula is C21H12FN7O. The highest BCUT2D eigenvalue weighted by Gasteiger charge is 2.21. The van der Waals surface area contributed by atoms with E-state index in [1.165, 1.54) is 0 Å². The Morgan fingerprint density at radius 2 is 1.87 bits per heavy atom. The van der Waals surface area contributed by atoms with Crippen LogP contribution >= 0.6 is 0 Å². The van der Waals surface area contributed by atoms with Crippen LogP contribution in [-0.2, 0) is 0 Å². The van der Waals surface area contributed by atoms with Crippen molar-refractivity contribution in [2.24, 2.45) is 0 Å². The minimum absolute atomic E-state index is 0.204. The zero-order valence-corrected chi connectivity index (χ0v) is 15.3. The summed E-state index contributed by atoms with van der Waals surface area (Å²) in [5.41, 5.74) is 4.51. The fourth-order valence-electron chi connectivity index (χ4n) is 3.51. The van der Waals surface area contributed by atoms with Crippen molar-refractivity contribution in [3.8, 4) is 34.0 Å². The molecule has 6 aromatic rings. The number of nitrogens with one attached hydrogen (secondary N) is 2. The van der Waals surface area contributed by atoms with Gasteiger partial charge in [0.1, 0.15) is 22.6 Å². The Balaban J connectivity index is 1.57. The van der Waals surface area contributed by atoms with Gasteiger partial charge in [-0.1, -0.05) is 0 Å². The number of pyridine rings is 3. The number of rotatable bonds is 3. The van der Waals surface area contributed by atoms with E-state index in [2.05, 4.69) is 35.1 Å². The summed E-state index contributed by atoms with van der Waals surface area (Å²) in [6.45, 7) is 0. The third kappa shape index (κ3) is 2.42. The first-order valence-corrected chi connectivity index (χ1v) is 9.10. The van der Waals surface area contributed by atoms with Gasteiger partial charge in [-0.15, -0.1) is 0 Å². The molecule has 0 bridgehead atoms. The van der Waals surface area contributed by atoms with Gasteiger partial charge in [0.15, 0.2) is 11.6 Å². The second-order valence-corrected chi connectivity index (χ2v) is 6.68. The second-order valence-electron chi connectivity index (χ2n) is 6.68. The average Bonchev–Trinajstić information content (AvgIpc) is 3.53. The van der Waals surface area contributed by atoms with Gasteiger partial charge in [0.25, 0.3) is 0 Å². The first-order chi connectivity index (χ1) is 14.8. The second kappa shape index (κ2) is 6.31. The molecule has 6 heterocycles. The largest absolute Gasteiger partial charge is 0.472 e. The molecule has 2 N–H and O–H groups in total. The Bertz CT molecular complexity index is 1500. The van der Waals surface area contributed by atoms with Gasteiger partial charge in [-0.2, -0.15) is 5.10 Å². The topological polar surface area (TPSA) is 109 Å². The molecule has 0 aromatic carbocycles. The summed E-state index contributed by atoms with van der Waals surface area (Å²) in [6, 6.07) is 7.11. The fraction of sp³-hybridized carbons (Fsp3) is 0. The zero-order valence-electron chi connectivity index (χ0n) is 15.3. The van der Waals surface area contributed by atoms with E-state index in [1.54, 1.807) is 49.4 Å². The van der Waals surface area contributed by atoms with Crippen LogP contribution in [0, 0.1) is 5.82 Å². The molecular weight excluding hydrogens is 385 g/mol. The van der Waals surface area contributed by atoms with Crippen molar-refractivity contribution in [2.75, 3.05) is 0 Å². The quantitative estimate of drug-likeness (QED) is 0.459. The summed E-state index contributed by atoms with van der Waals surface area (Å²) in [5, 5.41) is 7.44. The van der Waals surface area contributed by atoms with Gasteiger partial charge in [0, 0.05) is 29.7 Å². The maximum absolute atomic E-state index is 15.5. The maximum atomic E-state index is 15.5. The van der Waals surface area contributed by atoms with Crippen molar-refractivity contribution in [2.45, 2.75) is 0 Å². The molecule has 0 fully saturated rings. The molecule has 0 saturated carbocycles. The SMILES string of the molecule is Fc1c(-c2cccnc2)ncc2[nH]nc(-c3nc4c(-c5ccoc5)nccc4[nH]3)c12. The summed E-state index contributed by atoms with van der Waals surface area (Å²) >= 11 is 0. The number of furan rings is 1. The molecule has 6 aromatic heterocycles. The average molecular weight is 397 g/mol. The lowest BCUT2D eigenvalue weighted by atomic mass is 10.1. The van der Waals surface area contributed by atoms with Gasteiger partial charge in [-0.25, -0.2) is 9.37 Å². The lowest BCUT2D eigenvalue weighted by Crippen LogP contribution is -1.92. The van der Waals surface area contributed by atoms with Crippen LogP contribution in [0.2, 0.25) is 0 Å². The Labute approximate surface area is 167 Å². The number of aromatic nitrogens is 7.